The van der Waals surface area contributed by atoms with Gasteiger partial charge >= 0.3 is 25.8 Å². The second-order valence-electron chi connectivity index (χ2n) is 6.42. The van der Waals surface area contributed by atoms with E-state index in [4.69, 9.17) is 5.73 Å². The van der Waals surface area contributed by atoms with Crippen LogP contribution in [0.25, 0.3) is 5.73 Å². The third-order valence-electron chi connectivity index (χ3n) is 2.82. The molecule has 1 N–H and O–H groups in total. The Bertz CT molecular complexity index is 304. The molecule has 1 radical (unpaired) electrons. The summed E-state index contributed by atoms with van der Waals surface area (Å²) in [4.78, 5) is 0. The van der Waals surface area contributed by atoms with Crippen LogP contribution in [0.1, 0.15) is 27.2 Å². The topological polar surface area (TPSA) is 23.8 Å². The van der Waals surface area contributed by atoms with Gasteiger partial charge in [0.15, 0.2) is 0 Å². The van der Waals surface area contributed by atoms with Gasteiger partial charge in [-0.1, -0.05) is 58.9 Å². The molecule has 0 spiro atoms. The minimum atomic E-state index is -0.821. The Hall–Kier alpha value is 1.19. The molecule has 0 atom stereocenters. The fourth-order valence-electron chi connectivity index (χ4n) is 1.77. The number of hydrogen-bond donors (Lipinski definition) is 0. The van der Waals surface area contributed by atoms with E-state index in [2.05, 4.69) is 43.9 Å². The predicted molar refractivity (Wildman–Crippen MR) is 90.5 cm³/mol. The average molecular weight is 530 g/mol. The minimum absolute atomic E-state index is 0. The Morgan fingerprint density at radius 1 is 1.05 bits per heavy atom. The van der Waals surface area contributed by atoms with Crippen LogP contribution >= 0.6 is 0 Å². The van der Waals surface area contributed by atoms with Crippen molar-refractivity contribution in [1.82, 2.24) is 0 Å². The summed E-state index contributed by atoms with van der Waals surface area (Å²) < 4.78 is 0. The molecule has 1 saturated heterocycles. The van der Waals surface area contributed by atoms with E-state index in [1.807, 2.05) is 20.8 Å². The van der Waals surface area contributed by atoms with Crippen molar-refractivity contribution >= 4 is 22.8 Å². The summed E-state index contributed by atoms with van der Waals surface area (Å²) in [6.45, 7) is 12.5. The van der Waals surface area contributed by atoms with E-state index in [0.717, 1.165) is 9.52 Å². The molecular formula is C15H30Cl2HfNSi2. The molecule has 1 nitrogen and oxygen atoms in total. The smallest absolute Gasteiger partial charge is 1.00 e. The zero-order valence-corrected chi connectivity index (χ0v) is 21.5. The van der Waals surface area contributed by atoms with Crippen LogP contribution < -0.4 is 30.0 Å². The summed E-state index contributed by atoms with van der Waals surface area (Å²) in [5, 5.41) is 1.68. The van der Waals surface area contributed by atoms with Gasteiger partial charge in [0.05, 0.1) is 0 Å². The van der Waals surface area contributed by atoms with Crippen molar-refractivity contribution in [2.45, 2.75) is 64.5 Å². The molecule has 2 rings (SSSR count). The van der Waals surface area contributed by atoms with Gasteiger partial charge in [-0.05, 0) is 0 Å². The molecule has 1 aliphatic heterocycles. The van der Waals surface area contributed by atoms with Crippen molar-refractivity contribution in [3.8, 4) is 0 Å². The fraction of sp³-hybridized carbons (Fsp3) is 0.667. The molecule has 0 unspecified atom stereocenters. The van der Waals surface area contributed by atoms with Crippen LogP contribution in [0, 0.1) is 0 Å². The molecule has 1 aromatic carbocycles. The van der Waals surface area contributed by atoms with Crippen LogP contribution in [-0.2, 0) is 25.8 Å². The van der Waals surface area contributed by atoms with Crippen molar-refractivity contribution in [3.05, 3.63) is 30.0 Å². The van der Waals surface area contributed by atoms with Gasteiger partial charge in [-0.3, -0.25) is 0 Å². The predicted octanol–water partition coefficient (Wildman–Crippen LogP) is -1.54. The van der Waals surface area contributed by atoms with Crippen LogP contribution in [0.3, 0.4) is 0 Å². The Balaban J connectivity index is -0.000000116. The quantitative estimate of drug-likeness (QED) is 0.311. The van der Waals surface area contributed by atoms with Gasteiger partial charge in [-0.2, -0.15) is 17.3 Å². The Kier molecular flexibility index (Phi) is 21.2. The van der Waals surface area contributed by atoms with E-state index in [9.17, 15) is 0 Å². The van der Waals surface area contributed by atoms with Crippen LogP contribution in [0.5, 0.6) is 0 Å². The van der Waals surface area contributed by atoms with E-state index in [1.54, 1.807) is 5.19 Å². The summed E-state index contributed by atoms with van der Waals surface area (Å²) >= 11 is 0. The standard InChI is InChI=1S/C9H13Si.C4H10N.C2H7Si.2ClH.Hf/c1-10(7-4-8-10)9-5-2-3-6-9;1-4(2,3)5;1-3-2;;;/h2-3,5-6H,4,7-8H2,1H3;5H,1-3H3;3H,1-2H3;2*1H;/q2*-1;;;;+4/p-2. The van der Waals surface area contributed by atoms with Gasteiger partial charge in [0.2, 0.25) is 0 Å². The number of halogens is 2. The molecule has 21 heavy (non-hydrogen) atoms. The number of nitrogens with one attached hydrogen (secondary N) is 1. The van der Waals surface area contributed by atoms with Crippen molar-refractivity contribution in [3.63, 3.8) is 0 Å². The van der Waals surface area contributed by atoms with Crippen molar-refractivity contribution in [2.24, 2.45) is 0 Å². The van der Waals surface area contributed by atoms with Crippen molar-refractivity contribution in [2.75, 3.05) is 0 Å². The zero-order valence-electron chi connectivity index (χ0n) is 14.3. The Labute approximate surface area is 167 Å². The third-order valence-corrected chi connectivity index (χ3v) is 7.46. The van der Waals surface area contributed by atoms with Gasteiger partial charge in [-0.25, -0.2) is 12.1 Å². The number of rotatable bonds is 1. The van der Waals surface area contributed by atoms with Gasteiger partial charge in [-0.15, -0.1) is 5.54 Å². The summed E-state index contributed by atoms with van der Waals surface area (Å²) in [6, 6.07) is 12.0. The van der Waals surface area contributed by atoms with Crippen molar-refractivity contribution in [1.29, 1.82) is 0 Å². The number of hydrogen-bond acceptors (Lipinski definition) is 0. The molecule has 1 fully saturated rings. The molecule has 0 saturated carbocycles. The first kappa shape index (κ1) is 30.1. The summed E-state index contributed by atoms with van der Waals surface area (Å²) in [6.07, 6.45) is 1.48. The van der Waals surface area contributed by atoms with Gasteiger partial charge in [0, 0.05) is 17.6 Å². The Morgan fingerprint density at radius 3 is 1.52 bits per heavy atom. The fourth-order valence-corrected chi connectivity index (χ4v) is 4.76. The second kappa shape index (κ2) is 14.8. The maximum absolute atomic E-state index is 6.94. The molecule has 1 aliphatic rings. The largest absolute Gasteiger partial charge is 4.00 e. The molecule has 0 amide bonds. The van der Waals surface area contributed by atoms with Crippen LogP contribution in [-0.4, -0.2) is 23.1 Å². The molecule has 0 aromatic heterocycles. The van der Waals surface area contributed by atoms with E-state index in [1.165, 1.54) is 18.5 Å². The summed E-state index contributed by atoms with van der Waals surface area (Å²) in [5.41, 5.74) is 6.69. The maximum Gasteiger partial charge on any atom is 4.00 e. The van der Waals surface area contributed by atoms with Crippen molar-refractivity contribution < 1.29 is 50.7 Å². The van der Waals surface area contributed by atoms with Crippen LogP contribution in [0.4, 0.5) is 0 Å². The molecule has 1 heterocycles. The van der Waals surface area contributed by atoms with Gasteiger partial charge in [0.25, 0.3) is 0 Å². The maximum atomic E-state index is 6.94. The zero-order chi connectivity index (χ0) is 14.2. The molecule has 121 valence electrons. The minimum Gasteiger partial charge on any atom is -1.00 e. The molecule has 0 bridgehead atoms. The average Bonchev–Trinajstić information content (AvgIpc) is 2.65. The normalized spacial score (nSPS) is 14.2. The third kappa shape index (κ3) is 15.9. The van der Waals surface area contributed by atoms with E-state index < -0.39 is 8.07 Å². The first-order valence-corrected chi connectivity index (χ1v) is 12.2. The van der Waals surface area contributed by atoms with Crippen LogP contribution in [0.2, 0.25) is 31.7 Å². The first-order chi connectivity index (χ1) is 8.23. The molecule has 6 heteroatoms. The SMILES string of the molecule is CC(C)(C)[NH-].C[SiH]C.C[Si]1([c-]2cccc2)CCC1.[Cl-].[Cl-].[Hf+4]. The summed E-state index contributed by atoms with van der Waals surface area (Å²) in [5.74, 6) is 0. The van der Waals surface area contributed by atoms with E-state index >= 15 is 0 Å². The summed E-state index contributed by atoms with van der Waals surface area (Å²) in [7, 11) is -0.0706. The van der Waals surface area contributed by atoms with E-state index in [0.29, 0.717) is 0 Å². The second-order valence-corrected chi connectivity index (χ2v) is 12.3. The first-order valence-electron chi connectivity index (χ1n) is 6.94. The Morgan fingerprint density at radius 2 is 1.33 bits per heavy atom. The molecule has 1 aromatic rings. The van der Waals surface area contributed by atoms with Gasteiger partial charge < -0.3 is 30.5 Å². The van der Waals surface area contributed by atoms with E-state index in [-0.39, 0.29) is 56.2 Å². The van der Waals surface area contributed by atoms with Gasteiger partial charge in [0.1, 0.15) is 0 Å². The monoisotopic (exact) mass is 530 g/mol. The molecular weight excluding hydrogens is 500 g/mol. The molecule has 0 aliphatic carbocycles. The van der Waals surface area contributed by atoms with Crippen LogP contribution in [0.15, 0.2) is 24.3 Å².